The van der Waals surface area contributed by atoms with Gasteiger partial charge >= 0.3 is 12.8 Å². The van der Waals surface area contributed by atoms with E-state index in [1.54, 1.807) is 0 Å². The molecule has 7 nitrogen and oxygen atoms in total. The van der Waals surface area contributed by atoms with Gasteiger partial charge < -0.3 is 20.5 Å². The summed E-state index contributed by atoms with van der Waals surface area (Å²) in [5.41, 5.74) is 2.00. The van der Waals surface area contributed by atoms with Crippen LogP contribution in [0, 0.1) is 5.82 Å². The van der Waals surface area contributed by atoms with Crippen molar-refractivity contribution in [2.24, 2.45) is 10.7 Å². The highest BCUT2D eigenvalue weighted by molar-refractivity contribution is 6.02. The lowest BCUT2D eigenvalue weighted by Gasteiger charge is -2.36. The van der Waals surface area contributed by atoms with Crippen molar-refractivity contribution in [2.45, 2.75) is 30.9 Å². The third-order valence-corrected chi connectivity index (χ3v) is 4.62. The molecule has 0 saturated carbocycles. The second-order valence-corrected chi connectivity index (χ2v) is 6.87. The molecule has 2 heterocycles. The summed E-state index contributed by atoms with van der Waals surface area (Å²) < 4.78 is 101. The number of hydrogen-bond acceptors (Lipinski definition) is 6. The van der Waals surface area contributed by atoms with E-state index in [1.807, 2.05) is 0 Å². The SMILES string of the molecule is NC1=N[C@](CF)(c2cc(NC(=O)c3ccc(OC(F)F)cn3)ccc2F)C[C@@H](C(F)(F)F)O1. The minimum atomic E-state index is -4.92. The predicted octanol–water partition coefficient (Wildman–Crippen LogP) is 3.91. The molecule has 3 N–H and O–H groups in total. The maximum Gasteiger partial charge on any atom is 0.425 e. The van der Waals surface area contributed by atoms with Crippen molar-refractivity contribution >= 4 is 17.6 Å². The van der Waals surface area contributed by atoms with Crippen LogP contribution in [0.3, 0.4) is 0 Å². The third kappa shape index (κ3) is 5.43. The van der Waals surface area contributed by atoms with Gasteiger partial charge in [0.25, 0.3) is 11.9 Å². The maximum atomic E-state index is 14.5. The molecule has 1 aliphatic rings. The first-order chi connectivity index (χ1) is 15.4. The molecule has 178 valence electrons. The van der Waals surface area contributed by atoms with E-state index in [0.717, 1.165) is 36.5 Å². The van der Waals surface area contributed by atoms with E-state index in [9.17, 15) is 35.5 Å². The van der Waals surface area contributed by atoms with Crippen LogP contribution in [0.15, 0.2) is 41.5 Å². The number of nitrogens with one attached hydrogen (secondary N) is 1. The average molecular weight is 480 g/mol. The van der Waals surface area contributed by atoms with Crippen molar-refractivity contribution in [2.75, 3.05) is 12.0 Å². The first-order valence-electron chi connectivity index (χ1n) is 9.10. The Balaban J connectivity index is 1.88. The number of carbonyl (C=O) groups excluding carboxylic acids is 1. The molecule has 2 atom stereocenters. The Labute approximate surface area is 181 Å². The number of nitrogens with two attached hydrogens (primary N) is 1. The van der Waals surface area contributed by atoms with Crippen LogP contribution in [0.1, 0.15) is 22.5 Å². The molecule has 0 bridgehead atoms. The lowest BCUT2D eigenvalue weighted by Crippen LogP contribution is -2.48. The summed E-state index contributed by atoms with van der Waals surface area (Å²) in [4.78, 5) is 19.6. The summed E-state index contributed by atoms with van der Waals surface area (Å²) in [5, 5.41) is 2.31. The zero-order valence-electron chi connectivity index (χ0n) is 16.4. The third-order valence-electron chi connectivity index (χ3n) is 4.62. The molecule has 1 aromatic carbocycles. The van der Waals surface area contributed by atoms with Gasteiger partial charge in [0, 0.05) is 17.7 Å². The van der Waals surface area contributed by atoms with Crippen molar-refractivity contribution in [3.8, 4) is 5.75 Å². The number of carbonyl (C=O) groups is 1. The van der Waals surface area contributed by atoms with Gasteiger partial charge in [0.15, 0.2) is 6.10 Å². The number of rotatable bonds is 6. The van der Waals surface area contributed by atoms with E-state index in [4.69, 9.17) is 5.73 Å². The van der Waals surface area contributed by atoms with E-state index >= 15 is 0 Å². The number of alkyl halides is 6. The summed E-state index contributed by atoms with van der Waals surface area (Å²) in [6.07, 6.45) is -7.67. The number of anilines is 1. The minimum Gasteiger partial charge on any atom is -0.452 e. The quantitative estimate of drug-likeness (QED) is 0.611. The molecule has 14 heteroatoms. The topological polar surface area (TPSA) is 98.8 Å². The number of aliphatic imine (C=N–C) groups is 1. The van der Waals surface area contributed by atoms with Crippen LogP contribution in [0.2, 0.25) is 0 Å². The number of amides is 1. The Hall–Kier alpha value is -3.58. The normalized spacial score (nSPS) is 20.7. The number of amidine groups is 1. The fourth-order valence-electron chi connectivity index (χ4n) is 3.13. The summed E-state index contributed by atoms with van der Waals surface area (Å²) in [6, 6.07) is 3.95. The number of nitrogens with zero attached hydrogens (tertiary/aromatic N) is 2. The summed E-state index contributed by atoms with van der Waals surface area (Å²) in [5.74, 6) is -2.25. The molecule has 0 radical (unpaired) electrons. The van der Waals surface area contributed by atoms with E-state index in [0.29, 0.717) is 0 Å². The van der Waals surface area contributed by atoms with E-state index in [-0.39, 0.29) is 17.1 Å². The van der Waals surface area contributed by atoms with Crippen LogP contribution in [-0.2, 0) is 10.3 Å². The van der Waals surface area contributed by atoms with E-state index in [1.165, 1.54) is 0 Å². The van der Waals surface area contributed by atoms with Crippen LogP contribution in [0.5, 0.6) is 5.75 Å². The smallest absolute Gasteiger partial charge is 0.425 e. The molecule has 0 spiro atoms. The maximum absolute atomic E-state index is 14.5. The van der Waals surface area contributed by atoms with Crippen molar-refractivity contribution < 1.29 is 45.0 Å². The molecule has 33 heavy (non-hydrogen) atoms. The van der Waals surface area contributed by atoms with Crippen LogP contribution in [0.4, 0.5) is 36.4 Å². The Morgan fingerprint density at radius 1 is 1.30 bits per heavy atom. The molecular formula is C19H15F7N4O3. The number of benzene rings is 1. The molecule has 0 aliphatic carbocycles. The largest absolute Gasteiger partial charge is 0.452 e. The van der Waals surface area contributed by atoms with Gasteiger partial charge in [0.2, 0.25) is 0 Å². The van der Waals surface area contributed by atoms with Gasteiger partial charge in [-0.05, 0) is 30.3 Å². The average Bonchev–Trinajstić information content (AvgIpc) is 2.74. The second-order valence-electron chi connectivity index (χ2n) is 6.87. The van der Waals surface area contributed by atoms with Gasteiger partial charge in [-0.15, -0.1) is 0 Å². The van der Waals surface area contributed by atoms with Crippen LogP contribution in [-0.4, -0.2) is 42.5 Å². The molecule has 1 aromatic heterocycles. The number of pyridine rings is 1. The fourth-order valence-corrected chi connectivity index (χ4v) is 3.13. The second kappa shape index (κ2) is 9.11. The highest BCUT2D eigenvalue weighted by atomic mass is 19.4. The minimum absolute atomic E-state index is 0.122. The molecule has 0 fully saturated rings. The number of halogens is 7. The fraction of sp³-hybridized carbons (Fsp3) is 0.316. The van der Waals surface area contributed by atoms with Gasteiger partial charge in [-0.3, -0.25) is 4.79 Å². The summed E-state index contributed by atoms with van der Waals surface area (Å²) >= 11 is 0. The highest BCUT2D eigenvalue weighted by Gasteiger charge is 2.52. The first kappa shape index (κ1) is 24.1. The number of ether oxygens (including phenoxy) is 2. The lowest BCUT2D eigenvalue weighted by molar-refractivity contribution is -0.209. The van der Waals surface area contributed by atoms with Gasteiger partial charge in [-0.25, -0.2) is 18.8 Å². The zero-order chi connectivity index (χ0) is 24.4. The Morgan fingerprint density at radius 2 is 2.03 bits per heavy atom. The van der Waals surface area contributed by atoms with Crippen molar-refractivity contribution in [1.82, 2.24) is 4.98 Å². The molecule has 0 saturated heterocycles. The zero-order valence-corrected chi connectivity index (χ0v) is 16.4. The van der Waals surface area contributed by atoms with Crippen LogP contribution < -0.4 is 15.8 Å². The number of hydrogen-bond donors (Lipinski definition) is 2. The Kier molecular flexibility index (Phi) is 6.65. The standard InChI is InChI=1S/C19H15F7N4O3/c20-8-18(6-14(19(24,25)26)33-17(27)30-18)11-5-9(1-3-12(11)21)29-15(31)13-4-2-10(7-28-13)32-16(22)23/h1-5,7,14,16H,6,8H2,(H2,27,30)(H,29,31)/t14-,18+/m0/s1. The Morgan fingerprint density at radius 3 is 2.61 bits per heavy atom. The van der Waals surface area contributed by atoms with Crippen molar-refractivity contribution in [1.29, 1.82) is 0 Å². The van der Waals surface area contributed by atoms with Gasteiger partial charge in [0.05, 0.1) is 6.20 Å². The van der Waals surface area contributed by atoms with Crippen molar-refractivity contribution in [3.05, 3.63) is 53.6 Å². The molecular weight excluding hydrogens is 465 g/mol. The highest BCUT2D eigenvalue weighted by Crippen LogP contribution is 2.42. The summed E-state index contributed by atoms with van der Waals surface area (Å²) in [6.45, 7) is -4.63. The molecule has 3 rings (SSSR count). The van der Waals surface area contributed by atoms with E-state index < -0.39 is 60.8 Å². The van der Waals surface area contributed by atoms with E-state index in [2.05, 4.69) is 24.8 Å². The van der Waals surface area contributed by atoms with Crippen molar-refractivity contribution in [3.63, 3.8) is 0 Å². The predicted molar refractivity (Wildman–Crippen MR) is 100 cm³/mol. The lowest BCUT2D eigenvalue weighted by atomic mass is 9.84. The van der Waals surface area contributed by atoms with Gasteiger partial charge in [0.1, 0.15) is 29.5 Å². The molecule has 1 aliphatic heterocycles. The molecule has 1 amide bonds. The Bertz CT molecular complexity index is 1050. The van der Waals surface area contributed by atoms with Gasteiger partial charge in [-0.1, -0.05) is 0 Å². The molecule has 0 unspecified atom stereocenters. The first-order valence-corrected chi connectivity index (χ1v) is 9.10. The number of aromatic nitrogens is 1. The van der Waals surface area contributed by atoms with Crippen LogP contribution in [0.25, 0.3) is 0 Å². The monoisotopic (exact) mass is 480 g/mol. The van der Waals surface area contributed by atoms with Gasteiger partial charge in [-0.2, -0.15) is 22.0 Å². The summed E-state index contributed by atoms with van der Waals surface area (Å²) in [7, 11) is 0. The molecule has 2 aromatic rings. The van der Waals surface area contributed by atoms with Crippen LogP contribution >= 0.6 is 0 Å².